The van der Waals surface area contributed by atoms with Crippen molar-refractivity contribution >= 4 is 17.6 Å². The van der Waals surface area contributed by atoms with Crippen molar-refractivity contribution in [3.63, 3.8) is 0 Å². The molecule has 0 aliphatic carbocycles. The number of hydrogen-bond donors (Lipinski definition) is 2. The number of hydrogen-bond acceptors (Lipinski definition) is 2. The summed E-state index contributed by atoms with van der Waals surface area (Å²) in [4.78, 5) is 11.9. The molecule has 0 spiro atoms. The Bertz CT molecular complexity index is 686. The molecule has 0 bridgehead atoms. The highest BCUT2D eigenvalue weighted by atomic mass is 35.5. The van der Waals surface area contributed by atoms with Crippen LogP contribution in [0.3, 0.4) is 0 Å². The fourth-order valence-electron chi connectivity index (χ4n) is 2.41. The Hall–Kier alpha value is -2.20. The molecule has 2 N–H and O–H groups in total. The van der Waals surface area contributed by atoms with Gasteiger partial charge in [-0.1, -0.05) is 55.8 Å². The molecule has 2 rings (SSSR count). The summed E-state index contributed by atoms with van der Waals surface area (Å²) in [6.45, 7) is 6.59. The smallest absolute Gasteiger partial charge is 0.317 e. The Kier molecular flexibility index (Phi) is 7.14. The number of carbonyl (C=O) groups is 1. The lowest BCUT2D eigenvalue weighted by molar-refractivity contribution is 0.177. The van der Waals surface area contributed by atoms with Gasteiger partial charge in [0, 0.05) is 11.6 Å². The quantitative estimate of drug-likeness (QED) is 0.701. The standard InChI is InChI=1S/C20H25ClN2O2/c1-14(2)16-8-10-18(11-9-16)25-15(3)23-20(24)22-13-12-17-6-4-5-7-19(17)21/h4-11,14-15H,12-13H2,1-3H3,(H2,22,23,24). The van der Waals surface area contributed by atoms with Gasteiger partial charge in [-0.25, -0.2) is 4.79 Å². The first-order valence-corrected chi connectivity index (χ1v) is 8.88. The lowest BCUT2D eigenvalue weighted by atomic mass is 10.0. The van der Waals surface area contributed by atoms with Crippen LogP contribution in [0, 0.1) is 0 Å². The van der Waals surface area contributed by atoms with Crippen LogP contribution in [0.25, 0.3) is 0 Å². The van der Waals surface area contributed by atoms with Gasteiger partial charge < -0.3 is 15.4 Å². The van der Waals surface area contributed by atoms with Gasteiger partial charge in [0.1, 0.15) is 5.75 Å². The number of rotatable bonds is 7. The normalized spacial score (nSPS) is 11.9. The molecule has 0 saturated carbocycles. The molecule has 0 radical (unpaired) electrons. The molecule has 1 unspecified atom stereocenters. The van der Waals surface area contributed by atoms with Crippen molar-refractivity contribution in [2.24, 2.45) is 0 Å². The minimum atomic E-state index is -0.426. The number of amides is 2. The van der Waals surface area contributed by atoms with E-state index in [-0.39, 0.29) is 6.03 Å². The summed E-state index contributed by atoms with van der Waals surface area (Å²) in [5.41, 5.74) is 2.27. The molecule has 2 aromatic carbocycles. The van der Waals surface area contributed by atoms with Gasteiger partial charge in [0.25, 0.3) is 0 Å². The first-order chi connectivity index (χ1) is 12.0. The molecule has 0 fully saturated rings. The van der Waals surface area contributed by atoms with Crippen molar-refractivity contribution in [2.75, 3.05) is 6.54 Å². The molecule has 134 valence electrons. The Morgan fingerprint density at radius 1 is 1.08 bits per heavy atom. The maximum absolute atomic E-state index is 11.9. The molecular weight excluding hydrogens is 336 g/mol. The van der Waals surface area contributed by atoms with Gasteiger partial charge in [0.05, 0.1) is 0 Å². The van der Waals surface area contributed by atoms with Crippen molar-refractivity contribution in [1.29, 1.82) is 0 Å². The maximum Gasteiger partial charge on any atom is 0.317 e. The van der Waals surface area contributed by atoms with Gasteiger partial charge in [-0.2, -0.15) is 0 Å². The van der Waals surface area contributed by atoms with Crippen LogP contribution in [0.5, 0.6) is 5.75 Å². The summed E-state index contributed by atoms with van der Waals surface area (Å²) >= 11 is 6.10. The number of halogens is 1. The zero-order valence-electron chi connectivity index (χ0n) is 14.9. The number of nitrogens with one attached hydrogen (secondary N) is 2. The lowest BCUT2D eigenvalue weighted by Crippen LogP contribution is -2.43. The van der Waals surface area contributed by atoms with Crippen LogP contribution >= 0.6 is 11.6 Å². The zero-order chi connectivity index (χ0) is 18.2. The number of ether oxygens (including phenoxy) is 1. The van der Waals surface area contributed by atoms with Gasteiger partial charge in [0.15, 0.2) is 6.23 Å². The minimum absolute atomic E-state index is 0.265. The van der Waals surface area contributed by atoms with Crippen molar-refractivity contribution < 1.29 is 9.53 Å². The molecule has 0 aromatic heterocycles. The van der Waals surface area contributed by atoms with Crippen LogP contribution in [0.2, 0.25) is 5.02 Å². The summed E-state index contributed by atoms with van der Waals surface area (Å²) < 4.78 is 5.71. The average Bonchev–Trinajstić information content (AvgIpc) is 2.57. The van der Waals surface area contributed by atoms with Crippen LogP contribution in [0.4, 0.5) is 4.79 Å². The molecule has 1 atom stereocenters. The number of urea groups is 1. The van der Waals surface area contributed by atoms with Gasteiger partial charge in [-0.15, -0.1) is 0 Å². The highest BCUT2D eigenvalue weighted by Crippen LogP contribution is 2.19. The van der Waals surface area contributed by atoms with Gasteiger partial charge in [-0.3, -0.25) is 0 Å². The van der Waals surface area contributed by atoms with E-state index in [1.807, 2.05) is 48.5 Å². The Balaban J connectivity index is 1.73. The third kappa shape index (κ3) is 6.31. The van der Waals surface area contributed by atoms with E-state index in [0.717, 1.165) is 11.3 Å². The average molecular weight is 361 g/mol. The Morgan fingerprint density at radius 2 is 1.76 bits per heavy atom. The molecule has 25 heavy (non-hydrogen) atoms. The predicted molar refractivity (Wildman–Crippen MR) is 102 cm³/mol. The molecule has 0 heterocycles. The zero-order valence-corrected chi connectivity index (χ0v) is 15.6. The fourth-order valence-corrected chi connectivity index (χ4v) is 2.64. The maximum atomic E-state index is 11.9. The molecule has 0 aliphatic heterocycles. The summed E-state index contributed by atoms with van der Waals surface area (Å²) in [6.07, 6.45) is 0.254. The van der Waals surface area contributed by atoms with Crippen molar-refractivity contribution in [1.82, 2.24) is 10.6 Å². The molecule has 4 nitrogen and oxygen atoms in total. The fraction of sp³-hybridized carbons (Fsp3) is 0.350. The highest BCUT2D eigenvalue weighted by Gasteiger charge is 2.09. The summed E-state index contributed by atoms with van der Waals surface area (Å²) in [5, 5.41) is 6.29. The lowest BCUT2D eigenvalue weighted by Gasteiger charge is -2.17. The summed E-state index contributed by atoms with van der Waals surface area (Å²) in [6, 6.07) is 15.3. The molecule has 2 amide bonds. The van der Waals surface area contributed by atoms with Crippen LogP contribution in [-0.2, 0) is 6.42 Å². The topological polar surface area (TPSA) is 50.4 Å². The van der Waals surface area contributed by atoms with E-state index >= 15 is 0 Å². The van der Waals surface area contributed by atoms with E-state index in [0.29, 0.717) is 23.9 Å². The van der Waals surface area contributed by atoms with Crippen LogP contribution < -0.4 is 15.4 Å². The SMILES string of the molecule is CC(NC(=O)NCCc1ccccc1Cl)Oc1ccc(C(C)C)cc1. The predicted octanol–water partition coefficient (Wildman–Crippen LogP) is 4.73. The monoisotopic (exact) mass is 360 g/mol. The largest absolute Gasteiger partial charge is 0.471 e. The first kappa shape index (κ1) is 19.1. The van der Waals surface area contributed by atoms with Gasteiger partial charge in [0.2, 0.25) is 0 Å². The minimum Gasteiger partial charge on any atom is -0.471 e. The van der Waals surface area contributed by atoms with Crippen LogP contribution in [0.1, 0.15) is 37.8 Å². The van der Waals surface area contributed by atoms with Crippen LogP contribution in [0.15, 0.2) is 48.5 Å². The van der Waals surface area contributed by atoms with E-state index in [1.165, 1.54) is 5.56 Å². The molecule has 2 aromatic rings. The molecular formula is C20H25ClN2O2. The van der Waals surface area contributed by atoms with Gasteiger partial charge >= 0.3 is 6.03 Å². The second-order valence-corrected chi connectivity index (χ2v) is 6.63. The Labute approximate surface area is 154 Å². The third-order valence-corrected chi connectivity index (χ3v) is 4.20. The number of carbonyl (C=O) groups excluding carboxylic acids is 1. The summed E-state index contributed by atoms with van der Waals surface area (Å²) in [7, 11) is 0. The van der Waals surface area contributed by atoms with Crippen LogP contribution in [-0.4, -0.2) is 18.8 Å². The van der Waals surface area contributed by atoms with Crippen molar-refractivity contribution in [2.45, 2.75) is 39.3 Å². The van der Waals surface area contributed by atoms with Gasteiger partial charge in [-0.05, 0) is 48.6 Å². The van der Waals surface area contributed by atoms with Crippen molar-refractivity contribution in [3.8, 4) is 5.75 Å². The second-order valence-electron chi connectivity index (χ2n) is 6.23. The van der Waals surface area contributed by atoms with E-state index < -0.39 is 6.23 Å². The summed E-state index contributed by atoms with van der Waals surface area (Å²) in [5.74, 6) is 1.21. The highest BCUT2D eigenvalue weighted by molar-refractivity contribution is 6.31. The Morgan fingerprint density at radius 3 is 2.40 bits per heavy atom. The molecule has 0 aliphatic rings. The first-order valence-electron chi connectivity index (χ1n) is 8.50. The van der Waals surface area contributed by atoms with E-state index in [9.17, 15) is 4.79 Å². The second kappa shape index (κ2) is 9.33. The van der Waals surface area contributed by atoms with Crippen molar-refractivity contribution in [3.05, 3.63) is 64.7 Å². The van der Waals surface area contributed by atoms with E-state index in [4.69, 9.17) is 16.3 Å². The third-order valence-electron chi connectivity index (χ3n) is 3.83. The van der Waals surface area contributed by atoms with E-state index in [2.05, 4.69) is 24.5 Å². The van der Waals surface area contributed by atoms with E-state index in [1.54, 1.807) is 6.92 Å². The molecule has 5 heteroatoms. The number of benzene rings is 2. The molecule has 0 saturated heterocycles.